The summed E-state index contributed by atoms with van der Waals surface area (Å²) in [5.41, 5.74) is 2.86. The molecule has 0 fully saturated rings. The molecule has 0 saturated carbocycles. The predicted molar refractivity (Wildman–Crippen MR) is 101 cm³/mol. The molecule has 122 valence electrons. The van der Waals surface area contributed by atoms with Crippen molar-refractivity contribution in [2.75, 3.05) is 10.6 Å². The molecular weight excluding hydrogens is 324 g/mol. The Morgan fingerprint density at radius 1 is 0.917 bits per heavy atom. The molecule has 2 aromatic carbocycles. The predicted octanol–water partition coefficient (Wildman–Crippen LogP) is 2.64. The molecule has 0 bridgehead atoms. The Morgan fingerprint density at radius 2 is 1.54 bits per heavy atom. The van der Waals surface area contributed by atoms with Crippen LogP contribution in [-0.2, 0) is 0 Å². The van der Waals surface area contributed by atoms with Crippen molar-refractivity contribution in [2.24, 2.45) is 0 Å². The number of aromatic nitrogens is 2. The van der Waals surface area contributed by atoms with Gasteiger partial charge in [-0.2, -0.15) is 0 Å². The van der Waals surface area contributed by atoms with Crippen LogP contribution in [0.15, 0.2) is 46.0 Å². The van der Waals surface area contributed by atoms with Gasteiger partial charge in [0, 0.05) is 5.69 Å². The van der Waals surface area contributed by atoms with Gasteiger partial charge in [0.15, 0.2) is 5.11 Å². The van der Waals surface area contributed by atoms with Crippen molar-refractivity contribution in [2.45, 2.75) is 13.8 Å². The lowest BCUT2D eigenvalue weighted by Gasteiger charge is -2.14. The number of thiocarbonyl (C=S) groups is 1. The standard InChI is InChI=1S/C17H16N4O2S/c1-9-5-3-7-12(10(9)2)18-17(24)19-13-8-4-6-11-14(13)16(23)21-20-15(11)22/h3-8H,1-2H3,(H,20,22)(H,21,23)(H2,18,19,24). The Kier molecular flexibility index (Phi) is 4.18. The van der Waals surface area contributed by atoms with Crippen molar-refractivity contribution in [1.82, 2.24) is 10.2 Å². The summed E-state index contributed by atoms with van der Waals surface area (Å²) in [4.78, 5) is 23.9. The molecule has 1 aromatic heterocycles. The van der Waals surface area contributed by atoms with E-state index in [9.17, 15) is 9.59 Å². The van der Waals surface area contributed by atoms with E-state index in [1.54, 1.807) is 18.2 Å². The Labute approximate surface area is 142 Å². The van der Waals surface area contributed by atoms with E-state index in [-0.39, 0.29) is 16.5 Å². The number of H-pyrrole nitrogens is 2. The number of hydrogen-bond donors (Lipinski definition) is 4. The summed E-state index contributed by atoms with van der Waals surface area (Å²) >= 11 is 5.34. The third-order valence-corrected chi connectivity index (χ3v) is 4.13. The number of hydrogen-bond acceptors (Lipinski definition) is 3. The monoisotopic (exact) mass is 340 g/mol. The SMILES string of the molecule is Cc1cccc(NC(=S)Nc2cccc3c(=O)[nH][nH]c(=O)c23)c1C. The van der Waals surface area contributed by atoms with Crippen LogP contribution in [-0.4, -0.2) is 15.3 Å². The minimum absolute atomic E-state index is 0.270. The molecular formula is C17H16N4O2S. The molecule has 3 rings (SSSR count). The van der Waals surface area contributed by atoms with Crippen LogP contribution in [0.2, 0.25) is 0 Å². The Hall–Kier alpha value is -2.93. The fourth-order valence-corrected chi connectivity index (χ4v) is 2.72. The van der Waals surface area contributed by atoms with Crippen LogP contribution in [0.1, 0.15) is 11.1 Å². The highest BCUT2D eigenvalue weighted by Crippen LogP contribution is 2.20. The summed E-state index contributed by atoms with van der Waals surface area (Å²) in [6.07, 6.45) is 0. The quantitative estimate of drug-likeness (QED) is 0.539. The molecule has 4 N–H and O–H groups in total. The highest BCUT2D eigenvalue weighted by molar-refractivity contribution is 7.80. The second-order valence-electron chi connectivity index (χ2n) is 5.46. The van der Waals surface area contributed by atoms with Crippen molar-refractivity contribution in [3.8, 4) is 0 Å². The van der Waals surface area contributed by atoms with E-state index in [2.05, 4.69) is 20.8 Å². The molecule has 0 amide bonds. The lowest BCUT2D eigenvalue weighted by atomic mass is 10.1. The van der Waals surface area contributed by atoms with Gasteiger partial charge >= 0.3 is 0 Å². The van der Waals surface area contributed by atoms with Crippen molar-refractivity contribution < 1.29 is 0 Å². The van der Waals surface area contributed by atoms with E-state index in [0.29, 0.717) is 16.2 Å². The van der Waals surface area contributed by atoms with Crippen LogP contribution in [0.4, 0.5) is 11.4 Å². The Balaban J connectivity index is 1.94. The lowest BCUT2D eigenvalue weighted by Crippen LogP contribution is -2.23. The van der Waals surface area contributed by atoms with E-state index in [1.807, 2.05) is 32.0 Å². The molecule has 0 aliphatic heterocycles. The third-order valence-electron chi connectivity index (χ3n) is 3.93. The molecule has 7 heteroatoms. The van der Waals surface area contributed by atoms with Crippen LogP contribution in [0.3, 0.4) is 0 Å². The maximum atomic E-state index is 12.1. The maximum Gasteiger partial charge on any atom is 0.272 e. The Morgan fingerprint density at radius 3 is 2.33 bits per heavy atom. The number of nitrogens with one attached hydrogen (secondary N) is 4. The fraction of sp³-hybridized carbons (Fsp3) is 0.118. The van der Waals surface area contributed by atoms with Crippen molar-refractivity contribution in [1.29, 1.82) is 0 Å². The molecule has 0 aliphatic rings. The average molecular weight is 340 g/mol. The molecule has 0 radical (unpaired) electrons. The summed E-state index contributed by atoms with van der Waals surface area (Å²) in [5.74, 6) is 0. The van der Waals surface area contributed by atoms with Crippen molar-refractivity contribution in [3.05, 3.63) is 68.2 Å². The van der Waals surface area contributed by atoms with Crippen molar-refractivity contribution in [3.63, 3.8) is 0 Å². The summed E-state index contributed by atoms with van der Waals surface area (Å²) < 4.78 is 0. The average Bonchev–Trinajstić information content (AvgIpc) is 2.55. The van der Waals surface area contributed by atoms with E-state index in [1.165, 1.54) is 0 Å². The molecule has 0 saturated heterocycles. The van der Waals surface area contributed by atoms with Gasteiger partial charge in [-0.05, 0) is 55.4 Å². The van der Waals surface area contributed by atoms with Gasteiger partial charge in [-0.1, -0.05) is 18.2 Å². The first kappa shape index (κ1) is 15.9. The largest absolute Gasteiger partial charge is 0.332 e. The van der Waals surface area contributed by atoms with E-state index in [0.717, 1.165) is 16.8 Å². The highest BCUT2D eigenvalue weighted by atomic mass is 32.1. The number of fused-ring (bicyclic) bond motifs is 1. The first-order chi connectivity index (χ1) is 11.5. The molecule has 0 spiro atoms. The molecule has 0 atom stereocenters. The van der Waals surface area contributed by atoms with E-state index >= 15 is 0 Å². The number of benzene rings is 2. The van der Waals surface area contributed by atoms with Gasteiger partial charge in [-0.3, -0.25) is 19.8 Å². The number of aromatic amines is 2. The topological polar surface area (TPSA) is 89.8 Å². The van der Waals surface area contributed by atoms with Crippen LogP contribution < -0.4 is 21.8 Å². The van der Waals surface area contributed by atoms with Gasteiger partial charge in [0.2, 0.25) is 0 Å². The summed E-state index contributed by atoms with van der Waals surface area (Å²) in [6, 6.07) is 10.9. The van der Waals surface area contributed by atoms with E-state index in [4.69, 9.17) is 12.2 Å². The van der Waals surface area contributed by atoms with Crippen molar-refractivity contribution >= 4 is 39.5 Å². The highest BCUT2D eigenvalue weighted by Gasteiger charge is 2.10. The van der Waals surface area contributed by atoms with Crippen LogP contribution in [0, 0.1) is 13.8 Å². The lowest BCUT2D eigenvalue weighted by molar-refractivity contribution is 0.977. The summed E-state index contributed by atoms with van der Waals surface area (Å²) in [6.45, 7) is 4.02. The molecule has 3 aromatic rings. The van der Waals surface area contributed by atoms with Gasteiger partial charge in [0.25, 0.3) is 11.1 Å². The first-order valence-corrected chi connectivity index (χ1v) is 7.76. The smallest absolute Gasteiger partial charge is 0.272 e. The number of anilines is 2. The van der Waals surface area contributed by atoms with E-state index < -0.39 is 0 Å². The molecule has 0 aliphatic carbocycles. The molecule has 6 nitrogen and oxygen atoms in total. The second kappa shape index (κ2) is 6.29. The zero-order chi connectivity index (χ0) is 17.3. The van der Waals surface area contributed by atoms with Gasteiger partial charge in [-0.15, -0.1) is 0 Å². The normalized spacial score (nSPS) is 10.6. The molecule has 0 unspecified atom stereocenters. The molecule has 24 heavy (non-hydrogen) atoms. The number of aryl methyl sites for hydroxylation is 1. The van der Waals surface area contributed by atoms with Crippen LogP contribution in [0.25, 0.3) is 10.8 Å². The fourth-order valence-electron chi connectivity index (χ4n) is 2.50. The minimum atomic E-state index is -0.387. The first-order valence-electron chi connectivity index (χ1n) is 7.35. The third kappa shape index (κ3) is 2.93. The van der Waals surface area contributed by atoms with Crippen LogP contribution >= 0.6 is 12.2 Å². The van der Waals surface area contributed by atoms with Gasteiger partial charge in [0.05, 0.1) is 16.5 Å². The zero-order valence-corrected chi connectivity index (χ0v) is 14.0. The maximum absolute atomic E-state index is 12.1. The zero-order valence-electron chi connectivity index (χ0n) is 13.2. The second-order valence-corrected chi connectivity index (χ2v) is 5.87. The van der Waals surface area contributed by atoms with Gasteiger partial charge in [-0.25, -0.2) is 0 Å². The summed E-state index contributed by atoms with van der Waals surface area (Å²) in [5, 5.41) is 11.7. The van der Waals surface area contributed by atoms with Gasteiger partial charge in [0.1, 0.15) is 0 Å². The summed E-state index contributed by atoms with van der Waals surface area (Å²) in [7, 11) is 0. The Bertz CT molecular complexity index is 1050. The van der Waals surface area contributed by atoms with Crippen LogP contribution in [0.5, 0.6) is 0 Å². The molecule has 1 heterocycles. The minimum Gasteiger partial charge on any atom is -0.332 e. The van der Waals surface area contributed by atoms with Gasteiger partial charge < -0.3 is 10.6 Å². The number of rotatable bonds is 2.